The highest BCUT2D eigenvalue weighted by molar-refractivity contribution is 7.18. The SMILES string of the molecule is CCc1cc2c(=O)n(CC(=O)O)c(C(C)C)nc2s1. The van der Waals surface area contributed by atoms with Gasteiger partial charge in [-0.15, -0.1) is 11.3 Å². The van der Waals surface area contributed by atoms with Crippen molar-refractivity contribution in [3.63, 3.8) is 0 Å². The normalized spacial score (nSPS) is 11.4. The second-order valence-electron chi connectivity index (χ2n) is 4.69. The molecule has 6 heteroatoms. The van der Waals surface area contributed by atoms with Crippen LogP contribution in [0.25, 0.3) is 10.2 Å². The van der Waals surface area contributed by atoms with E-state index in [4.69, 9.17) is 5.11 Å². The van der Waals surface area contributed by atoms with Crippen LogP contribution in [-0.4, -0.2) is 20.6 Å². The zero-order chi connectivity index (χ0) is 14.2. The lowest BCUT2D eigenvalue weighted by Crippen LogP contribution is -2.28. The van der Waals surface area contributed by atoms with Gasteiger partial charge in [0.25, 0.3) is 5.56 Å². The van der Waals surface area contributed by atoms with Gasteiger partial charge < -0.3 is 5.11 Å². The molecule has 2 aromatic heterocycles. The van der Waals surface area contributed by atoms with E-state index in [1.54, 1.807) is 0 Å². The van der Waals surface area contributed by atoms with Gasteiger partial charge in [-0.1, -0.05) is 20.8 Å². The molecule has 0 amide bonds. The Morgan fingerprint density at radius 1 is 1.53 bits per heavy atom. The van der Waals surface area contributed by atoms with E-state index in [9.17, 15) is 9.59 Å². The van der Waals surface area contributed by atoms with Crippen LogP contribution in [0.4, 0.5) is 0 Å². The second-order valence-corrected chi connectivity index (χ2v) is 5.81. The third kappa shape index (κ3) is 2.53. The first kappa shape index (κ1) is 13.7. The Kier molecular flexibility index (Phi) is 3.71. The lowest BCUT2D eigenvalue weighted by atomic mass is 10.2. The van der Waals surface area contributed by atoms with Gasteiger partial charge in [0.1, 0.15) is 17.2 Å². The number of carbonyl (C=O) groups is 1. The quantitative estimate of drug-likeness (QED) is 0.932. The van der Waals surface area contributed by atoms with Crippen molar-refractivity contribution in [1.82, 2.24) is 9.55 Å². The number of carboxylic acid groups (broad SMARTS) is 1. The summed E-state index contributed by atoms with van der Waals surface area (Å²) in [6.45, 7) is 5.48. The topological polar surface area (TPSA) is 72.2 Å². The van der Waals surface area contributed by atoms with Crippen molar-refractivity contribution in [2.75, 3.05) is 0 Å². The van der Waals surface area contributed by atoms with E-state index in [-0.39, 0.29) is 18.0 Å². The zero-order valence-corrected chi connectivity index (χ0v) is 12.0. The van der Waals surface area contributed by atoms with Gasteiger partial charge in [-0.3, -0.25) is 14.2 Å². The first-order valence-electron chi connectivity index (χ1n) is 6.19. The fourth-order valence-corrected chi connectivity index (χ4v) is 2.95. The van der Waals surface area contributed by atoms with Crippen molar-refractivity contribution >= 4 is 27.5 Å². The van der Waals surface area contributed by atoms with Crippen molar-refractivity contribution < 1.29 is 9.90 Å². The molecular formula is C13H16N2O3S. The monoisotopic (exact) mass is 280 g/mol. The Hall–Kier alpha value is -1.69. The highest BCUT2D eigenvalue weighted by Gasteiger charge is 2.17. The maximum absolute atomic E-state index is 12.4. The molecule has 0 saturated heterocycles. The minimum Gasteiger partial charge on any atom is -0.480 e. The maximum atomic E-state index is 12.4. The molecule has 0 spiro atoms. The Morgan fingerprint density at radius 2 is 2.21 bits per heavy atom. The fourth-order valence-electron chi connectivity index (χ4n) is 1.98. The number of thiophene rings is 1. The van der Waals surface area contributed by atoms with Crippen LogP contribution >= 0.6 is 11.3 Å². The van der Waals surface area contributed by atoms with Gasteiger partial charge >= 0.3 is 5.97 Å². The second kappa shape index (κ2) is 5.13. The van der Waals surface area contributed by atoms with Crippen LogP contribution in [0.15, 0.2) is 10.9 Å². The van der Waals surface area contributed by atoms with Gasteiger partial charge in [-0.05, 0) is 12.5 Å². The smallest absolute Gasteiger partial charge is 0.323 e. The van der Waals surface area contributed by atoms with E-state index in [1.807, 2.05) is 26.8 Å². The molecule has 102 valence electrons. The summed E-state index contributed by atoms with van der Waals surface area (Å²) in [6.07, 6.45) is 0.844. The van der Waals surface area contributed by atoms with E-state index >= 15 is 0 Å². The maximum Gasteiger partial charge on any atom is 0.323 e. The average Bonchev–Trinajstić information content (AvgIpc) is 2.75. The van der Waals surface area contributed by atoms with Crippen molar-refractivity contribution in [2.24, 2.45) is 0 Å². The third-order valence-electron chi connectivity index (χ3n) is 2.89. The molecule has 19 heavy (non-hydrogen) atoms. The summed E-state index contributed by atoms with van der Waals surface area (Å²) >= 11 is 1.50. The number of aryl methyl sites for hydroxylation is 1. The number of aliphatic carboxylic acids is 1. The van der Waals surface area contributed by atoms with Gasteiger partial charge in [0.15, 0.2) is 0 Å². The predicted molar refractivity (Wildman–Crippen MR) is 75.0 cm³/mol. The summed E-state index contributed by atoms with van der Waals surface area (Å²) < 4.78 is 1.27. The van der Waals surface area contributed by atoms with E-state index in [0.29, 0.717) is 16.0 Å². The molecule has 5 nitrogen and oxygen atoms in total. The van der Waals surface area contributed by atoms with Gasteiger partial charge in [0.05, 0.1) is 5.39 Å². The molecule has 0 aromatic carbocycles. The number of nitrogens with zero attached hydrogens (tertiary/aromatic N) is 2. The Bertz CT molecular complexity index is 685. The fraction of sp³-hybridized carbons (Fsp3) is 0.462. The van der Waals surface area contributed by atoms with Crippen LogP contribution in [0, 0.1) is 0 Å². The van der Waals surface area contributed by atoms with Crippen molar-refractivity contribution in [3.8, 4) is 0 Å². The molecule has 0 unspecified atom stereocenters. The number of fused-ring (bicyclic) bond motifs is 1. The van der Waals surface area contributed by atoms with E-state index in [0.717, 1.165) is 11.3 Å². The molecule has 2 aromatic rings. The van der Waals surface area contributed by atoms with Crippen molar-refractivity contribution in [3.05, 3.63) is 27.1 Å². The number of hydrogen-bond donors (Lipinski definition) is 1. The summed E-state index contributed by atoms with van der Waals surface area (Å²) in [7, 11) is 0. The number of carboxylic acids is 1. The number of aromatic nitrogens is 2. The van der Waals surface area contributed by atoms with Crippen LogP contribution in [0.1, 0.15) is 37.4 Å². The number of rotatable bonds is 4. The van der Waals surface area contributed by atoms with E-state index in [1.165, 1.54) is 15.9 Å². The summed E-state index contributed by atoms with van der Waals surface area (Å²) in [5, 5.41) is 9.46. The van der Waals surface area contributed by atoms with Gasteiger partial charge in [-0.25, -0.2) is 4.98 Å². The first-order valence-corrected chi connectivity index (χ1v) is 7.00. The largest absolute Gasteiger partial charge is 0.480 e. The van der Waals surface area contributed by atoms with Gasteiger partial charge in [0, 0.05) is 10.8 Å². The number of hydrogen-bond acceptors (Lipinski definition) is 4. The van der Waals surface area contributed by atoms with E-state index < -0.39 is 5.97 Å². The first-order chi connectivity index (χ1) is 8.93. The molecular weight excluding hydrogens is 264 g/mol. The highest BCUT2D eigenvalue weighted by Crippen LogP contribution is 2.23. The molecule has 0 saturated carbocycles. The summed E-state index contributed by atoms with van der Waals surface area (Å²) in [4.78, 5) is 29.6. The summed E-state index contributed by atoms with van der Waals surface area (Å²) in [5.41, 5.74) is -0.257. The third-order valence-corrected chi connectivity index (χ3v) is 4.06. The Morgan fingerprint density at radius 3 is 2.74 bits per heavy atom. The molecule has 0 atom stereocenters. The van der Waals surface area contributed by atoms with Crippen LogP contribution in [0.5, 0.6) is 0 Å². The van der Waals surface area contributed by atoms with Crippen LogP contribution in [-0.2, 0) is 17.8 Å². The van der Waals surface area contributed by atoms with E-state index in [2.05, 4.69) is 4.98 Å². The molecule has 1 N–H and O–H groups in total. The molecule has 0 bridgehead atoms. The minimum atomic E-state index is -1.03. The van der Waals surface area contributed by atoms with Gasteiger partial charge in [0.2, 0.25) is 0 Å². The molecule has 0 aliphatic heterocycles. The Labute approximate surface area is 114 Å². The summed E-state index contributed by atoms with van der Waals surface area (Å²) in [6, 6.07) is 1.82. The zero-order valence-electron chi connectivity index (χ0n) is 11.1. The predicted octanol–water partition coefficient (Wildman–Crippen LogP) is 2.23. The lowest BCUT2D eigenvalue weighted by Gasteiger charge is -2.12. The molecule has 0 aliphatic rings. The molecule has 0 radical (unpaired) electrons. The van der Waals surface area contributed by atoms with Crippen molar-refractivity contribution in [1.29, 1.82) is 0 Å². The minimum absolute atomic E-state index is 0.00336. The molecule has 0 aliphatic carbocycles. The van der Waals surface area contributed by atoms with Crippen LogP contribution in [0.3, 0.4) is 0 Å². The lowest BCUT2D eigenvalue weighted by molar-refractivity contribution is -0.137. The van der Waals surface area contributed by atoms with Gasteiger partial charge in [-0.2, -0.15) is 0 Å². The van der Waals surface area contributed by atoms with Crippen LogP contribution < -0.4 is 5.56 Å². The standard InChI is InChI=1S/C13H16N2O3S/c1-4-8-5-9-12(19-8)14-11(7(2)3)15(13(9)18)6-10(16)17/h5,7H,4,6H2,1-3H3,(H,16,17). The molecule has 2 heterocycles. The molecule has 0 fully saturated rings. The molecule has 2 rings (SSSR count). The summed E-state index contributed by atoms with van der Waals surface area (Å²) in [5.74, 6) is -0.496. The average molecular weight is 280 g/mol. The van der Waals surface area contributed by atoms with Crippen molar-refractivity contribution in [2.45, 2.75) is 39.7 Å². The highest BCUT2D eigenvalue weighted by atomic mass is 32.1. The van der Waals surface area contributed by atoms with Crippen LogP contribution in [0.2, 0.25) is 0 Å². The Balaban J connectivity index is 2.75.